The van der Waals surface area contributed by atoms with Crippen molar-refractivity contribution in [2.45, 2.75) is 19.5 Å². The van der Waals surface area contributed by atoms with E-state index in [1.165, 1.54) is 11.5 Å². The standard InChI is InChI=1S/C13H13ClN4OS/c1-8-7-19-4-3-18(8)10-5-9(6-15-2)12-11(16-10)13(14)17-20-12/h5,8H,3-4,6-7H2,1H3/t8-/m1/s1. The van der Waals surface area contributed by atoms with Gasteiger partial charge in [0.05, 0.1) is 29.5 Å². The van der Waals surface area contributed by atoms with Gasteiger partial charge in [-0.1, -0.05) is 11.6 Å². The third-order valence-electron chi connectivity index (χ3n) is 3.36. The van der Waals surface area contributed by atoms with Gasteiger partial charge in [-0.25, -0.2) is 11.6 Å². The van der Waals surface area contributed by atoms with E-state index < -0.39 is 0 Å². The van der Waals surface area contributed by atoms with E-state index in [1.54, 1.807) is 0 Å². The van der Waals surface area contributed by atoms with Gasteiger partial charge in [-0.2, -0.15) is 4.37 Å². The minimum absolute atomic E-state index is 0.264. The van der Waals surface area contributed by atoms with Gasteiger partial charge in [0.15, 0.2) is 5.15 Å². The monoisotopic (exact) mass is 308 g/mol. The lowest BCUT2D eigenvalue weighted by Crippen LogP contribution is -2.44. The van der Waals surface area contributed by atoms with Crippen LogP contribution in [0.5, 0.6) is 0 Å². The van der Waals surface area contributed by atoms with Gasteiger partial charge >= 0.3 is 0 Å². The summed E-state index contributed by atoms with van der Waals surface area (Å²) in [7, 11) is 0. The summed E-state index contributed by atoms with van der Waals surface area (Å²) in [5, 5.41) is 0.416. The zero-order chi connectivity index (χ0) is 14.1. The topological polar surface area (TPSA) is 42.6 Å². The summed E-state index contributed by atoms with van der Waals surface area (Å²) >= 11 is 7.41. The molecule has 0 saturated carbocycles. The quantitative estimate of drug-likeness (QED) is 0.800. The molecule has 1 atom stereocenters. The van der Waals surface area contributed by atoms with Gasteiger partial charge in [0.1, 0.15) is 11.3 Å². The molecule has 2 aromatic rings. The van der Waals surface area contributed by atoms with Crippen LogP contribution >= 0.6 is 23.1 Å². The number of rotatable bonds is 2. The van der Waals surface area contributed by atoms with Gasteiger partial charge in [-0.3, -0.25) is 0 Å². The zero-order valence-electron chi connectivity index (χ0n) is 11.0. The smallest absolute Gasteiger partial charge is 0.241 e. The van der Waals surface area contributed by atoms with Crippen LogP contribution in [-0.2, 0) is 11.3 Å². The van der Waals surface area contributed by atoms with E-state index in [0.29, 0.717) is 30.4 Å². The van der Waals surface area contributed by atoms with Crippen molar-refractivity contribution in [1.29, 1.82) is 0 Å². The molecule has 1 aliphatic rings. The summed E-state index contributed by atoms with van der Waals surface area (Å²) in [5.41, 5.74) is 1.65. The normalized spacial score (nSPS) is 19.2. The molecule has 0 radical (unpaired) electrons. The lowest BCUT2D eigenvalue weighted by Gasteiger charge is -2.34. The Kier molecular flexibility index (Phi) is 3.74. The summed E-state index contributed by atoms with van der Waals surface area (Å²) < 4.78 is 10.5. The van der Waals surface area contributed by atoms with Crippen molar-refractivity contribution in [3.8, 4) is 0 Å². The molecule has 3 heterocycles. The molecule has 1 saturated heterocycles. The molecule has 5 nitrogen and oxygen atoms in total. The Hall–Kier alpha value is -1.42. The fourth-order valence-corrected chi connectivity index (χ4v) is 3.38. The van der Waals surface area contributed by atoms with Crippen LogP contribution < -0.4 is 4.90 Å². The number of anilines is 1. The van der Waals surface area contributed by atoms with Gasteiger partial charge < -0.3 is 14.5 Å². The molecule has 2 aromatic heterocycles. The van der Waals surface area contributed by atoms with Crippen molar-refractivity contribution in [3.63, 3.8) is 0 Å². The fourth-order valence-electron chi connectivity index (χ4n) is 2.36. The Morgan fingerprint density at radius 3 is 3.25 bits per heavy atom. The molecule has 1 fully saturated rings. The lowest BCUT2D eigenvalue weighted by atomic mass is 10.2. The largest absolute Gasteiger partial charge is 0.377 e. The third kappa shape index (κ3) is 2.33. The molecular formula is C13H13ClN4OS. The molecule has 104 valence electrons. The highest BCUT2D eigenvalue weighted by atomic mass is 35.5. The van der Waals surface area contributed by atoms with E-state index in [4.69, 9.17) is 22.9 Å². The number of fused-ring (bicyclic) bond motifs is 1. The molecule has 0 aromatic carbocycles. The van der Waals surface area contributed by atoms with Crippen molar-refractivity contribution in [3.05, 3.63) is 28.2 Å². The maximum absolute atomic E-state index is 7.10. The second-order valence-electron chi connectivity index (χ2n) is 4.72. The van der Waals surface area contributed by atoms with Crippen molar-refractivity contribution < 1.29 is 4.74 Å². The van der Waals surface area contributed by atoms with Crippen LogP contribution in [0.2, 0.25) is 5.15 Å². The van der Waals surface area contributed by atoms with Gasteiger partial charge in [0.25, 0.3) is 0 Å². The molecule has 0 amide bonds. The van der Waals surface area contributed by atoms with Crippen LogP contribution in [0.4, 0.5) is 5.82 Å². The van der Waals surface area contributed by atoms with Crippen molar-refractivity contribution >= 4 is 39.2 Å². The summed E-state index contributed by atoms with van der Waals surface area (Å²) in [6, 6.07) is 2.25. The number of hydrogen-bond donors (Lipinski definition) is 0. The Morgan fingerprint density at radius 2 is 2.50 bits per heavy atom. The summed E-state index contributed by atoms with van der Waals surface area (Å²) in [6.45, 7) is 11.7. The predicted molar refractivity (Wildman–Crippen MR) is 80.4 cm³/mol. The molecule has 0 spiro atoms. The first-order valence-corrected chi connectivity index (χ1v) is 7.48. The van der Waals surface area contributed by atoms with Gasteiger partial charge in [0, 0.05) is 6.54 Å². The molecule has 0 unspecified atom stereocenters. The first kappa shape index (κ1) is 13.6. The molecule has 3 rings (SSSR count). The number of pyridine rings is 1. The van der Waals surface area contributed by atoms with Crippen LogP contribution in [0.1, 0.15) is 12.5 Å². The highest BCUT2D eigenvalue weighted by molar-refractivity contribution is 7.14. The van der Waals surface area contributed by atoms with E-state index in [0.717, 1.165) is 22.6 Å². The van der Waals surface area contributed by atoms with Crippen molar-refractivity contribution in [2.24, 2.45) is 0 Å². The summed E-state index contributed by atoms with van der Waals surface area (Å²) in [6.07, 6.45) is 0. The van der Waals surface area contributed by atoms with Crippen LogP contribution in [0.15, 0.2) is 6.07 Å². The number of hydrogen-bond acceptors (Lipinski definition) is 5. The number of halogens is 1. The predicted octanol–water partition coefficient (Wildman–Crippen LogP) is 2.99. The van der Waals surface area contributed by atoms with Crippen LogP contribution in [-0.4, -0.2) is 35.2 Å². The molecule has 0 aliphatic carbocycles. The number of nitrogens with zero attached hydrogens (tertiary/aromatic N) is 4. The van der Waals surface area contributed by atoms with E-state index in [-0.39, 0.29) is 6.04 Å². The number of ether oxygens (including phenoxy) is 1. The minimum atomic E-state index is 0.264. The molecule has 7 heteroatoms. The van der Waals surface area contributed by atoms with Crippen LogP contribution in [0, 0.1) is 6.57 Å². The summed E-state index contributed by atoms with van der Waals surface area (Å²) in [4.78, 5) is 10.3. The lowest BCUT2D eigenvalue weighted by molar-refractivity contribution is 0.0985. The second kappa shape index (κ2) is 5.52. The highest BCUT2D eigenvalue weighted by Crippen LogP contribution is 2.32. The molecule has 0 N–H and O–H groups in total. The SMILES string of the molecule is [C-]#[N+]Cc1cc(N2CCOC[C@H]2C)nc2c(Cl)nsc12. The van der Waals surface area contributed by atoms with E-state index >= 15 is 0 Å². The Morgan fingerprint density at radius 1 is 1.65 bits per heavy atom. The average molecular weight is 309 g/mol. The van der Waals surface area contributed by atoms with E-state index in [9.17, 15) is 0 Å². The number of aromatic nitrogens is 2. The second-order valence-corrected chi connectivity index (χ2v) is 5.86. The van der Waals surface area contributed by atoms with Gasteiger partial charge in [0.2, 0.25) is 6.54 Å². The summed E-state index contributed by atoms with van der Waals surface area (Å²) in [5.74, 6) is 0.856. The molecule has 0 bridgehead atoms. The van der Waals surface area contributed by atoms with E-state index in [1.807, 2.05) is 6.07 Å². The average Bonchev–Trinajstić information content (AvgIpc) is 2.82. The minimum Gasteiger partial charge on any atom is -0.377 e. The number of morpholine rings is 1. The Balaban J connectivity index is 2.11. The fraction of sp³-hybridized carbons (Fsp3) is 0.462. The van der Waals surface area contributed by atoms with Crippen LogP contribution in [0.25, 0.3) is 15.1 Å². The molecule has 20 heavy (non-hydrogen) atoms. The Bertz CT molecular complexity index is 681. The van der Waals surface area contributed by atoms with Gasteiger partial charge in [-0.05, 0) is 24.5 Å². The molecule has 1 aliphatic heterocycles. The zero-order valence-corrected chi connectivity index (χ0v) is 12.5. The van der Waals surface area contributed by atoms with Gasteiger partial charge in [-0.15, -0.1) is 0 Å². The van der Waals surface area contributed by atoms with Crippen molar-refractivity contribution in [1.82, 2.24) is 9.36 Å². The third-order valence-corrected chi connectivity index (χ3v) is 4.64. The highest BCUT2D eigenvalue weighted by Gasteiger charge is 2.23. The maximum atomic E-state index is 7.10. The Labute approximate surface area is 126 Å². The van der Waals surface area contributed by atoms with Crippen molar-refractivity contribution in [2.75, 3.05) is 24.7 Å². The van der Waals surface area contributed by atoms with Crippen LogP contribution in [0.3, 0.4) is 0 Å². The molecular weight excluding hydrogens is 296 g/mol. The first-order valence-electron chi connectivity index (χ1n) is 6.33. The maximum Gasteiger partial charge on any atom is 0.241 e. The van der Waals surface area contributed by atoms with E-state index in [2.05, 4.69) is 26.0 Å². The first-order chi connectivity index (χ1) is 9.70.